The summed E-state index contributed by atoms with van der Waals surface area (Å²) >= 11 is 1.28. The molecule has 0 radical (unpaired) electrons. The molecule has 0 aliphatic carbocycles. The largest absolute Gasteiger partial charge is 0.321 e. The third-order valence-corrected chi connectivity index (χ3v) is 5.76. The number of nitrogens with one attached hydrogen (secondary N) is 3. The second-order valence-electron chi connectivity index (χ2n) is 8.21. The molecule has 2 amide bonds. The molecule has 0 aliphatic heterocycles. The van der Waals surface area contributed by atoms with Crippen molar-refractivity contribution in [2.45, 2.75) is 33.1 Å². The number of H-pyrrole nitrogens is 1. The fraction of sp³-hybridized carbons (Fsp3) is 0.227. The van der Waals surface area contributed by atoms with Gasteiger partial charge in [-0.15, -0.1) is 11.3 Å². The Morgan fingerprint density at radius 1 is 1.00 bits per heavy atom. The third-order valence-electron chi connectivity index (χ3n) is 4.72. The van der Waals surface area contributed by atoms with Gasteiger partial charge in [0.25, 0.3) is 11.8 Å². The molecule has 0 atom stereocenters. The van der Waals surface area contributed by atoms with E-state index in [1.807, 2.05) is 33.8 Å². The number of carbonyl (C=O) groups excluding carboxylic acids is 2. The average molecular weight is 435 g/mol. The first-order valence-corrected chi connectivity index (χ1v) is 10.5. The van der Waals surface area contributed by atoms with Gasteiger partial charge in [0.1, 0.15) is 16.0 Å². The van der Waals surface area contributed by atoms with Gasteiger partial charge in [-0.1, -0.05) is 26.8 Å². The molecule has 3 heterocycles. The van der Waals surface area contributed by atoms with Crippen LogP contribution in [0.2, 0.25) is 0 Å². The Hall–Kier alpha value is -3.59. The van der Waals surface area contributed by atoms with Crippen molar-refractivity contribution in [1.82, 2.24) is 20.2 Å². The summed E-state index contributed by atoms with van der Waals surface area (Å²) in [4.78, 5) is 35.0. The first-order chi connectivity index (χ1) is 14.7. The van der Waals surface area contributed by atoms with E-state index in [0.717, 1.165) is 11.3 Å². The SMILES string of the molecule is Cc1ccc(NC(=O)c2cc(C(C)(C)C)n[nH]2)cc1NC(=O)c1cc2nccnc2s1. The predicted octanol–water partition coefficient (Wildman–Crippen LogP) is 4.52. The third kappa shape index (κ3) is 4.46. The molecule has 0 spiro atoms. The van der Waals surface area contributed by atoms with Gasteiger partial charge in [-0.25, -0.2) is 4.98 Å². The van der Waals surface area contributed by atoms with Gasteiger partial charge >= 0.3 is 0 Å². The Bertz CT molecular complexity index is 1250. The first-order valence-electron chi connectivity index (χ1n) is 9.70. The maximum atomic E-state index is 12.7. The summed E-state index contributed by atoms with van der Waals surface area (Å²) in [6.07, 6.45) is 3.19. The molecular weight excluding hydrogens is 412 g/mol. The zero-order valence-electron chi connectivity index (χ0n) is 17.6. The van der Waals surface area contributed by atoms with Crippen molar-refractivity contribution >= 4 is 44.9 Å². The molecule has 4 aromatic rings. The standard InChI is InChI=1S/C22H22N6O2S/c1-12-5-6-13(25-19(29)15-11-18(28-27-15)22(2,3)4)9-14(12)26-20(30)17-10-16-21(31-17)24-8-7-23-16/h5-11H,1-4H3,(H,25,29)(H,26,30)(H,27,28). The average Bonchev–Trinajstić information content (AvgIpc) is 3.37. The number of aromatic nitrogens is 4. The lowest BCUT2D eigenvalue weighted by Crippen LogP contribution is -2.14. The van der Waals surface area contributed by atoms with E-state index in [9.17, 15) is 9.59 Å². The van der Waals surface area contributed by atoms with Crippen molar-refractivity contribution in [2.24, 2.45) is 0 Å². The van der Waals surface area contributed by atoms with Crippen molar-refractivity contribution in [3.8, 4) is 0 Å². The smallest absolute Gasteiger partial charge is 0.273 e. The number of fused-ring (bicyclic) bond motifs is 1. The number of benzene rings is 1. The van der Waals surface area contributed by atoms with E-state index in [2.05, 4.69) is 30.8 Å². The van der Waals surface area contributed by atoms with E-state index in [1.54, 1.807) is 36.7 Å². The van der Waals surface area contributed by atoms with Gasteiger partial charge in [0, 0.05) is 29.2 Å². The minimum atomic E-state index is -0.300. The highest BCUT2D eigenvalue weighted by molar-refractivity contribution is 7.20. The monoisotopic (exact) mass is 434 g/mol. The van der Waals surface area contributed by atoms with Crippen LogP contribution in [0.15, 0.2) is 42.7 Å². The molecule has 0 fully saturated rings. The Labute approximate surface area is 183 Å². The summed E-state index contributed by atoms with van der Waals surface area (Å²) in [7, 11) is 0. The minimum Gasteiger partial charge on any atom is -0.321 e. The highest BCUT2D eigenvalue weighted by Gasteiger charge is 2.20. The zero-order valence-corrected chi connectivity index (χ0v) is 18.4. The lowest BCUT2D eigenvalue weighted by molar-refractivity contribution is 0.101. The normalized spacial score (nSPS) is 11.5. The number of rotatable bonds is 4. The van der Waals surface area contributed by atoms with Gasteiger partial charge < -0.3 is 10.6 Å². The molecule has 3 aromatic heterocycles. The van der Waals surface area contributed by atoms with Crippen molar-refractivity contribution in [2.75, 3.05) is 10.6 Å². The minimum absolute atomic E-state index is 0.159. The number of hydrogen-bond acceptors (Lipinski definition) is 6. The van der Waals surface area contributed by atoms with Gasteiger partial charge in [0.05, 0.1) is 10.6 Å². The zero-order chi connectivity index (χ0) is 22.2. The molecular formula is C22H22N6O2S. The molecule has 31 heavy (non-hydrogen) atoms. The van der Waals surface area contributed by atoms with E-state index in [0.29, 0.717) is 32.3 Å². The fourth-order valence-electron chi connectivity index (χ4n) is 2.92. The molecule has 3 N–H and O–H groups in total. The highest BCUT2D eigenvalue weighted by atomic mass is 32.1. The Morgan fingerprint density at radius 3 is 2.48 bits per heavy atom. The topological polar surface area (TPSA) is 113 Å². The van der Waals surface area contributed by atoms with Crippen LogP contribution < -0.4 is 10.6 Å². The van der Waals surface area contributed by atoms with Crippen LogP contribution in [0, 0.1) is 6.92 Å². The van der Waals surface area contributed by atoms with Gasteiger partial charge in [0.2, 0.25) is 0 Å². The molecule has 4 rings (SSSR count). The summed E-state index contributed by atoms with van der Waals surface area (Å²) in [5.74, 6) is -0.550. The number of carbonyl (C=O) groups is 2. The van der Waals surface area contributed by atoms with Gasteiger partial charge in [-0.3, -0.25) is 19.7 Å². The van der Waals surface area contributed by atoms with Crippen LogP contribution in [-0.4, -0.2) is 32.0 Å². The van der Waals surface area contributed by atoms with Crippen molar-refractivity contribution in [1.29, 1.82) is 0 Å². The highest BCUT2D eigenvalue weighted by Crippen LogP contribution is 2.26. The van der Waals surface area contributed by atoms with E-state index >= 15 is 0 Å². The summed E-state index contributed by atoms with van der Waals surface area (Å²) in [6.45, 7) is 7.98. The van der Waals surface area contributed by atoms with Crippen molar-refractivity contribution in [3.05, 3.63) is 64.6 Å². The molecule has 8 nitrogen and oxygen atoms in total. The summed E-state index contributed by atoms with van der Waals surface area (Å²) in [5, 5.41) is 12.8. The van der Waals surface area contributed by atoms with E-state index in [1.165, 1.54) is 11.3 Å². The molecule has 1 aromatic carbocycles. The van der Waals surface area contributed by atoms with Crippen LogP contribution in [0.1, 0.15) is 52.2 Å². The van der Waals surface area contributed by atoms with E-state index in [4.69, 9.17) is 0 Å². The van der Waals surface area contributed by atoms with Crippen LogP contribution in [0.3, 0.4) is 0 Å². The molecule has 0 aliphatic rings. The molecule has 0 saturated heterocycles. The summed E-state index contributed by atoms with van der Waals surface area (Å²) in [6, 6.07) is 8.82. The number of aromatic amines is 1. The van der Waals surface area contributed by atoms with Gasteiger partial charge in [0.15, 0.2) is 0 Å². The first kappa shape index (κ1) is 20.7. The lowest BCUT2D eigenvalue weighted by atomic mass is 9.92. The summed E-state index contributed by atoms with van der Waals surface area (Å²) in [5.41, 5.74) is 3.76. The van der Waals surface area contributed by atoms with Crippen LogP contribution in [0.5, 0.6) is 0 Å². The molecule has 0 unspecified atom stereocenters. The lowest BCUT2D eigenvalue weighted by Gasteiger charge is -2.13. The number of thiophene rings is 1. The van der Waals surface area contributed by atoms with E-state index in [-0.39, 0.29) is 17.2 Å². The number of hydrogen-bond donors (Lipinski definition) is 3. The van der Waals surface area contributed by atoms with Crippen molar-refractivity contribution in [3.63, 3.8) is 0 Å². The molecule has 158 valence electrons. The second-order valence-corrected chi connectivity index (χ2v) is 9.24. The summed E-state index contributed by atoms with van der Waals surface area (Å²) < 4.78 is 0. The van der Waals surface area contributed by atoms with E-state index < -0.39 is 0 Å². The Balaban J connectivity index is 1.51. The maximum absolute atomic E-state index is 12.7. The molecule has 0 saturated carbocycles. The van der Waals surface area contributed by atoms with Crippen molar-refractivity contribution < 1.29 is 9.59 Å². The Kier molecular flexibility index (Phi) is 5.28. The van der Waals surface area contributed by atoms with Crippen LogP contribution in [0.25, 0.3) is 10.3 Å². The molecule has 0 bridgehead atoms. The predicted molar refractivity (Wildman–Crippen MR) is 122 cm³/mol. The number of amides is 2. The number of anilines is 2. The fourth-order valence-corrected chi connectivity index (χ4v) is 3.77. The van der Waals surface area contributed by atoms with Crippen LogP contribution in [-0.2, 0) is 5.41 Å². The van der Waals surface area contributed by atoms with Gasteiger partial charge in [-0.2, -0.15) is 5.10 Å². The number of nitrogens with zero attached hydrogens (tertiary/aromatic N) is 3. The van der Waals surface area contributed by atoms with Crippen LogP contribution in [0.4, 0.5) is 11.4 Å². The number of aryl methyl sites for hydroxylation is 1. The van der Waals surface area contributed by atoms with Gasteiger partial charge in [-0.05, 0) is 36.8 Å². The Morgan fingerprint density at radius 2 is 1.77 bits per heavy atom. The second kappa shape index (κ2) is 7.92. The maximum Gasteiger partial charge on any atom is 0.273 e. The quantitative estimate of drug-likeness (QED) is 0.437. The molecule has 9 heteroatoms. The van der Waals surface area contributed by atoms with Crippen LogP contribution >= 0.6 is 11.3 Å².